The van der Waals surface area contributed by atoms with E-state index in [-0.39, 0.29) is 24.9 Å². The van der Waals surface area contributed by atoms with Crippen molar-refractivity contribution in [2.24, 2.45) is 5.73 Å². The average Bonchev–Trinajstić information content (AvgIpc) is 3.02. The van der Waals surface area contributed by atoms with E-state index >= 15 is 0 Å². The number of aliphatic carboxylic acids is 1. The highest BCUT2D eigenvalue weighted by Gasteiger charge is 2.31. The fourth-order valence-corrected chi connectivity index (χ4v) is 3.79. The van der Waals surface area contributed by atoms with Crippen LogP contribution in [0.4, 0.5) is 4.79 Å². The van der Waals surface area contributed by atoms with Gasteiger partial charge < -0.3 is 15.6 Å². The second-order valence-corrected chi connectivity index (χ2v) is 7.05. The molecule has 1 atom stereocenters. The van der Waals surface area contributed by atoms with E-state index in [1.54, 1.807) is 0 Å². The lowest BCUT2D eigenvalue weighted by atomic mass is 9.98. The first kappa shape index (κ1) is 22.7. The van der Waals surface area contributed by atoms with Gasteiger partial charge in [-0.3, -0.25) is 4.90 Å². The average molecular weight is 419 g/mol. The van der Waals surface area contributed by atoms with Crippen LogP contribution >= 0.6 is 12.4 Å². The molecule has 3 N–H and O–H groups in total. The number of rotatable bonds is 8. The van der Waals surface area contributed by atoms with Crippen molar-refractivity contribution >= 4 is 24.5 Å². The second-order valence-electron chi connectivity index (χ2n) is 7.05. The van der Waals surface area contributed by atoms with Crippen LogP contribution in [0, 0.1) is 0 Å². The summed E-state index contributed by atoms with van der Waals surface area (Å²) in [6.45, 7) is 0.674. The van der Waals surface area contributed by atoms with Gasteiger partial charge in [-0.2, -0.15) is 0 Å². The lowest BCUT2D eigenvalue weighted by molar-refractivity contribution is -0.142. The molecule has 0 bridgehead atoms. The SMILES string of the molecule is CN(C(=O)OCC1c2ccccc2-c2ccccc21)[C@H](CCCCN)C(=O)O.Cl. The molecule has 0 saturated heterocycles. The normalized spacial score (nSPS) is 13.0. The standard InChI is InChI=1S/C22H26N2O4.ClH/c1-24(20(21(25)26)12-6-7-13-23)22(27)28-14-19-17-10-4-2-8-15(17)16-9-3-5-11-18(16)19;/h2-5,8-11,19-20H,6-7,12-14,23H2,1H3,(H,25,26);1H/t20-;/m1./s1. The minimum Gasteiger partial charge on any atom is -0.480 e. The molecule has 1 aliphatic carbocycles. The Balaban J connectivity index is 0.00000300. The van der Waals surface area contributed by atoms with Crippen molar-refractivity contribution in [3.63, 3.8) is 0 Å². The van der Waals surface area contributed by atoms with E-state index in [0.29, 0.717) is 19.4 Å². The van der Waals surface area contributed by atoms with Gasteiger partial charge in [0, 0.05) is 13.0 Å². The van der Waals surface area contributed by atoms with Gasteiger partial charge in [-0.15, -0.1) is 12.4 Å². The van der Waals surface area contributed by atoms with Crippen molar-refractivity contribution in [3.8, 4) is 11.1 Å². The Morgan fingerprint density at radius 2 is 1.62 bits per heavy atom. The number of carboxylic acids is 1. The minimum absolute atomic E-state index is 0. The first-order chi connectivity index (χ1) is 13.5. The molecule has 29 heavy (non-hydrogen) atoms. The molecule has 156 valence electrons. The van der Waals surface area contributed by atoms with Gasteiger partial charge >= 0.3 is 12.1 Å². The molecule has 0 aromatic heterocycles. The lowest BCUT2D eigenvalue weighted by Crippen LogP contribution is -2.43. The number of carboxylic acid groups (broad SMARTS) is 1. The first-order valence-electron chi connectivity index (χ1n) is 9.55. The Bertz CT molecular complexity index is 813. The molecule has 0 fully saturated rings. The van der Waals surface area contributed by atoms with Gasteiger partial charge in [0.1, 0.15) is 12.6 Å². The van der Waals surface area contributed by atoms with Crippen molar-refractivity contribution in [2.75, 3.05) is 20.2 Å². The molecule has 0 heterocycles. The number of hydrogen-bond donors (Lipinski definition) is 2. The summed E-state index contributed by atoms with van der Waals surface area (Å²) in [5.74, 6) is -1.08. The molecule has 0 saturated carbocycles. The molecule has 6 nitrogen and oxygen atoms in total. The molecule has 2 aromatic carbocycles. The zero-order valence-electron chi connectivity index (χ0n) is 16.4. The number of halogens is 1. The summed E-state index contributed by atoms with van der Waals surface area (Å²) in [4.78, 5) is 25.2. The minimum atomic E-state index is -1.03. The fraction of sp³-hybridized carbons (Fsp3) is 0.364. The van der Waals surface area contributed by atoms with E-state index < -0.39 is 18.1 Å². The largest absolute Gasteiger partial charge is 0.480 e. The highest BCUT2D eigenvalue weighted by Crippen LogP contribution is 2.44. The third kappa shape index (κ3) is 4.89. The van der Waals surface area contributed by atoms with Crippen LogP contribution in [-0.2, 0) is 9.53 Å². The van der Waals surface area contributed by atoms with Gasteiger partial charge in [-0.1, -0.05) is 48.5 Å². The van der Waals surface area contributed by atoms with Gasteiger partial charge in [0.05, 0.1) is 0 Å². The highest BCUT2D eigenvalue weighted by molar-refractivity contribution is 5.85. The van der Waals surface area contributed by atoms with Gasteiger partial charge in [-0.25, -0.2) is 9.59 Å². The number of carbonyl (C=O) groups excluding carboxylic acids is 1. The molecular weight excluding hydrogens is 392 g/mol. The summed E-state index contributed by atoms with van der Waals surface area (Å²) in [5.41, 5.74) is 10.0. The van der Waals surface area contributed by atoms with Gasteiger partial charge in [-0.05, 0) is 48.1 Å². The molecular formula is C22H27ClN2O4. The summed E-state index contributed by atoms with van der Waals surface area (Å²) in [7, 11) is 1.47. The zero-order valence-corrected chi connectivity index (χ0v) is 17.2. The molecule has 3 rings (SSSR count). The smallest absolute Gasteiger partial charge is 0.410 e. The molecule has 0 unspecified atom stereocenters. The molecule has 0 aliphatic heterocycles. The van der Waals surface area contributed by atoms with E-state index in [0.717, 1.165) is 28.7 Å². The van der Waals surface area contributed by atoms with Crippen LogP contribution < -0.4 is 5.73 Å². The Morgan fingerprint density at radius 1 is 1.07 bits per heavy atom. The van der Waals surface area contributed by atoms with Crippen molar-refractivity contribution in [2.45, 2.75) is 31.2 Å². The van der Waals surface area contributed by atoms with Crippen LogP contribution in [0.1, 0.15) is 36.3 Å². The number of nitrogens with zero attached hydrogens (tertiary/aromatic N) is 1. The third-order valence-electron chi connectivity index (χ3n) is 5.31. The van der Waals surface area contributed by atoms with E-state index in [9.17, 15) is 14.7 Å². The van der Waals surface area contributed by atoms with Crippen molar-refractivity contribution in [1.82, 2.24) is 4.90 Å². The van der Waals surface area contributed by atoms with Gasteiger partial charge in [0.2, 0.25) is 0 Å². The van der Waals surface area contributed by atoms with E-state index in [1.165, 1.54) is 11.9 Å². The molecule has 0 radical (unpaired) electrons. The van der Waals surface area contributed by atoms with Crippen LogP contribution in [-0.4, -0.2) is 48.3 Å². The number of ether oxygens (including phenoxy) is 1. The fourth-order valence-electron chi connectivity index (χ4n) is 3.79. The van der Waals surface area contributed by atoms with Crippen molar-refractivity contribution in [3.05, 3.63) is 59.7 Å². The summed E-state index contributed by atoms with van der Waals surface area (Å²) < 4.78 is 5.54. The third-order valence-corrected chi connectivity index (χ3v) is 5.31. The van der Waals surface area contributed by atoms with E-state index in [1.807, 2.05) is 36.4 Å². The van der Waals surface area contributed by atoms with Crippen LogP contribution in [0.2, 0.25) is 0 Å². The Hall–Kier alpha value is -2.57. The first-order valence-corrected chi connectivity index (χ1v) is 9.55. The van der Waals surface area contributed by atoms with Crippen LogP contribution in [0.3, 0.4) is 0 Å². The maximum Gasteiger partial charge on any atom is 0.410 e. The number of carbonyl (C=O) groups is 2. The predicted octanol–water partition coefficient (Wildman–Crippen LogP) is 3.87. The molecule has 7 heteroatoms. The number of hydrogen-bond acceptors (Lipinski definition) is 4. The molecule has 2 aromatic rings. The summed E-state index contributed by atoms with van der Waals surface area (Å²) in [6.07, 6.45) is 1.10. The van der Waals surface area contributed by atoms with Crippen LogP contribution in [0.25, 0.3) is 11.1 Å². The number of likely N-dealkylation sites (N-methyl/N-ethyl adjacent to an activating group) is 1. The molecule has 1 amide bonds. The number of benzene rings is 2. The van der Waals surface area contributed by atoms with E-state index in [4.69, 9.17) is 10.5 Å². The second kappa shape index (κ2) is 10.3. The van der Waals surface area contributed by atoms with Crippen LogP contribution in [0.5, 0.6) is 0 Å². The topological polar surface area (TPSA) is 92.9 Å². The number of amides is 1. The number of fused-ring (bicyclic) bond motifs is 3. The Morgan fingerprint density at radius 3 is 2.14 bits per heavy atom. The Kier molecular flexibility index (Phi) is 8.05. The number of nitrogens with two attached hydrogens (primary N) is 1. The maximum absolute atomic E-state index is 12.5. The lowest BCUT2D eigenvalue weighted by Gasteiger charge is -2.25. The van der Waals surface area contributed by atoms with E-state index in [2.05, 4.69) is 12.1 Å². The van der Waals surface area contributed by atoms with Gasteiger partial charge in [0.15, 0.2) is 0 Å². The van der Waals surface area contributed by atoms with Crippen LogP contribution in [0.15, 0.2) is 48.5 Å². The summed E-state index contributed by atoms with van der Waals surface area (Å²) in [5, 5.41) is 9.45. The molecule has 0 spiro atoms. The zero-order chi connectivity index (χ0) is 20.1. The van der Waals surface area contributed by atoms with Crippen molar-refractivity contribution < 1.29 is 19.4 Å². The highest BCUT2D eigenvalue weighted by atomic mass is 35.5. The maximum atomic E-state index is 12.5. The predicted molar refractivity (Wildman–Crippen MR) is 114 cm³/mol. The monoisotopic (exact) mass is 418 g/mol. The quantitative estimate of drug-likeness (QED) is 0.635. The van der Waals surface area contributed by atoms with Gasteiger partial charge in [0.25, 0.3) is 0 Å². The summed E-state index contributed by atoms with van der Waals surface area (Å²) >= 11 is 0. The van der Waals surface area contributed by atoms with Crippen molar-refractivity contribution in [1.29, 1.82) is 0 Å². The number of unbranched alkanes of at least 4 members (excludes halogenated alkanes) is 1. The Labute approximate surface area is 177 Å². The molecule has 1 aliphatic rings. The summed E-state index contributed by atoms with van der Waals surface area (Å²) in [6, 6.07) is 15.3.